The predicted molar refractivity (Wildman–Crippen MR) is 90.2 cm³/mol. The molecule has 1 saturated carbocycles. The zero-order valence-corrected chi connectivity index (χ0v) is 13.9. The van der Waals surface area contributed by atoms with Crippen molar-refractivity contribution in [2.75, 3.05) is 13.1 Å². The van der Waals surface area contributed by atoms with Gasteiger partial charge in [-0.05, 0) is 31.6 Å². The van der Waals surface area contributed by atoms with E-state index in [4.69, 9.17) is 4.52 Å². The van der Waals surface area contributed by atoms with Gasteiger partial charge in [-0.2, -0.15) is 0 Å². The molecule has 0 bridgehead atoms. The first-order valence-electron chi connectivity index (χ1n) is 8.69. The maximum atomic E-state index is 9.85. The second-order valence-electron chi connectivity index (χ2n) is 7.36. The van der Waals surface area contributed by atoms with Crippen LogP contribution in [0.2, 0.25) is 0 Å². The van der Waals surface area contributed by atoms with Crippen molar-refractivity contribution in [3.8, 4) is 11.3 Å². The van der Waals surface area contributed by atoms with Gasteiger partial charge in [0.2, 0.25) is 0 Å². The third-order valence-corrected chi connectivity index (χ3v) is 5.47. The molecule has 0 spiro atoms. The summed E-state index contributed by atoms with van der Waals surface area (Å²) in [4.78, 5) is 2.35. The first kappa shape index (κ1) is 15.8. The molecule has 4 rings (SSSR count). The molecule has 2 heterocycles. The summed E-state index contributed by atoms with van der Waals surface area (Å²) in [5.74, 6) is 1.82. The van der Waals surface area contributed by atoms with Gasteiger partial charge in [0, 0.05) is 24.7 Å². The lowest BCUT2D eigenvalue weighted by atomic mass is 9.79. The Morgan fingerprint density at radius 3 is 2.33 bits per heavy atom. The minimum Gasteiger partial charge on any atom is -0.390 e. The van der Waals surface area contributed by atoms with Crippen LogP contribution in [0, 0.1) is 18.8 Å². The minimum absolute atomic E-state index is 0.475. The van der Waals surface area contributed by atoms with Crippen LogP contribution >= 0.6 is 0 Å². The van der Waals surface area contributed by atoms with Crippen molar-refractivity contribution in [1.29, 1.82) is 0 Å². The number of aliphatic hydroxyl groups is 2. The summed E-state index contributed by atoms with van der Waals surface area (Å²) in [6, 6.07) is 10.3. The fourth-order valence-electron chi connectivity index (χ4n) is 4.10. The number of benzene rings is 1. The summed E-state index contributed by atoms with van der Waals surface area (Å²) in [5, 5.41) is 23.9. The molecule has 1 aromatic heterocycles. The van der Waals surface area contributed by atoms with Gasteiger partial charge in [0.1, 0.15) is 5.69 Å². The van der Waals surface area contributed by atoms with E-state index in [1.807, 2.05) is 6.07 Å². The molecule has 2 N–H and O–H groups in total. The molecule has 1 aromatic carbocycles. The summed E-state index contributed by atoms with van der Waals surface area (Å²) < 4.78 is 5.52. The number of aromatic nitrogens is 1. The largest absolute Gasteiger partial charge is 0.390 e. The second-order valence-corrected chi connectivity index (χ2v) is 7.36. The molecule has 0 radical (unpaired) electrons. The molecule has 0 amide bonds. The Hall–Kier alpha value is -1.69. The Balaban J connectivity index is 1.41. The minimum atomic E-state index is -0.565. The lowest BCUT2D eigenvalue weighted by Crippen LogP contribution is -2.38. The molecule has 1 aliphatic carbocycles. The summed E-state index contributed by atoms with van der Waals surface area (Å²) in [7, 11) is 0. The van der Waals surface area contributed by atoms with Crippen molar-refractivity contribution in [3.05, 3.63) is 41.7 Å². The Labute approximate surface area is 141 Å². The SMILES string of the molecule is Cc1ccc(-c2cc(CN3C[C@H]4C[C@H](O)[C@H](O)C[C@H]4C3)on2)cc1. The van der Waals surface area contributed by atoms with Crippen LogP contribution < -0.4 is 0 Å². The van der Waals surface area contributed by atoms with Crippen molar-refractivity contribution in [1.82, 2.24) is 10.1 Å². The van der Waals surface area contributed by atoms with Crippen molar-refractivity contribution in [2.24, 2.45) is 11.8 Å². The molecule has 5 nitrogen and oxygen atoms in total. The summed E-state index contributed by atoms with van der Waals surface area (Å²) in [6.07, 6.45) is 0.273. The van der Waals surface area contributed by atoms with Gasteiger partial charge in [-0.3, -0.25) is 4.90 Å². The zero-order chi connectivity index (χ0) is 16.7. The average Bonchev–Trinajstić information content (AvgIpc) is 3.16. The molecular weight excluding hydrogens is 304 g/mol. The van der Waals surface area contributed by atoms with Crippen LogP contribution in [0.5, 0.6) is 0 Å². The molecule has 1 saturated heterocycles. The number of nitrogens with zero attached hydrogens (tertiary/aromatic N) is 2. The highest BCUT2D eigenvalue weighted by molar-refractivity contribution is 5.59. The quantitative estimate of drug-likeness (QED) is 0.904. The fourth-order valence-corrected chi connectivity index (χ4v) is 4.10. The Bertz CT molecular complexity index is 679. The highest BCUT2D eigenvalue weighted by Gasteiger charge is 2.41. The molecule has 24 heavy (non-hydrogen) atoms. The number of aliphatic hydroxyl groups excluding tert-OH is 2. The molecule has 2 aliphatic rings. The van der Waals surface area contributed by atoms with E-state index < -0.39 is 12.2 Å². The second kappa shape index (κ2) is 6.31. The molecule has 4 atom stereocenters. The van der Waals surface area contributed by atoms with Crippen molar-refractivity contribution in [2.45, 2.75) is 38.5 Å². The predicted octanol–water partition coefficient (Wildman–Crippen LogP) is 2.21. The third kappa shape index (κ3) is 3.11. The summed E-state index contributed by atoms with van der Waals surface area (Å²) >= 11 is 0. The normalized spacial score (nSPS) is 30.5. The third-order valence-electron chi connectivity index (χ3n) is 5.47. The number of rotatable bonds is 3. The highest BCUT2D eigenvalue weighted by Crippen LogP contribution is 2.37. The van der Waals surface area contributed by atoms with Gasteiger partial charge in [-0.15, -0.1) is 0 Å². The van der Waals surface area contributed by atoms with Gasteiger partial charge < -0.3 is 14.7 Å². The smallest absolute Gasteiger partial charge is 0.151 e. The Morgan fingerprint density at radius 1 is 1.08 bits per heavy atom. The highest BCUT2D eigenvalue weighted by atomic mass is 16.5. The molecule has 2 aromatic rings. The monoisotopic (exact) mass is 328 g/mol. The Morgan fingerprint density at radius 2 is 1.71 bits per heavy atom. The lowest BCUT2D eigenvalue weighted by Gasteiger charge is -2.32. The topological polar surface area (TPSA) is 69.7 Å². The van der Waals surface area contributed by atoms with Gasteiger partial charge in [-0.1, -0.05) is 35.0 Å². The van der Waals surface area contributed by atoms with E-state index in [-0.39, 0.29) is 0 Å². The first-order valence-corrected chi connectivity index (χ1v) is 8.69. The van der Waals surface area contributed by atoms with Crippen LogP contribution in [0.4, 0.5) is 0 Å². The molecule has 5 heteroatoms. The van der Waals surface area contributed by atoms with Crippen LogP contribution in [0.3, 0.4) is 0 Å². The molecule has 0 unspecified atom stereocenters. The standard InChI is InChI=1S/C19H24N2O3/c1-12-2-4-13(5-3-12)17-8-16(24-20-17)11-21-9-14-6-18(22)19(23)7-15(14)10-21/h2-5,8,14-15,18-19,22-23H,6-7,9-11H2,1H3/t14-,15+,18+,19-. The average molecular weight is 328 g/mol. The first-order chi connectivity index (χ1) is 11.6. The number of aryl methyl sites for hydroxylation is 1. The van der Waals surface area contributed by atoms with E-state index in [1.54, 1.807) is 0 Å². The van der Waals surface area contributed by atoms with Crippen molar-refractivity contribution >= 4 is 0 Å². The van der Waals surface area contributed by atoms with E-state index >= 15 is 0 Å². The van der Waals surface area contributed by atoms with Gasteiger partial charge in [0.15, 0.2) is 5.76 Å². The molecule has 1 aliphatic heterocycles. The van der Waals surface area contributed by atoms with Crippen LogP contribution in [0.15, 0.2) is 34.9 Å². The van der Waals surface area contributed by atoms with E-state index in [2.05, 4.69) is 41.2 Å². The van der Waals surface area contributed by atoms with Crippen LogP contribution in [-0.4, -0.2) is 45.6 Å². The van der Waals surface area contributed by atoms with E-state index in [1.165, 1.54) is 5.56 Å². The lowest BCUT2D eigenvalue weighted by molar-refractivity contribution is -0.0372. The summed E-state index contributed by atoms with van der Waals surface area (Å²) in [5.41, 5.74) is 3.16. The van der Waals surface area contributed by atoms with Crippen LogP contribution in [0.25, 0.3) is 11.3 Å². The van der Waals surface area contributed by atoms with Gasteiger partial charge in [-0.25, -0.2) is 0 Å². The van der Waals surface area contributed by atoms with Crippen molar-refractivity contribution in [3.63, 3.8) is 0 Å². The number of hydrogen-bond donors (Lipinski definition) is 2. The van der Waals surface area contributed by atoms with E-state index in [0.717, 1.165) is 36.7 Å². The number of fused-ring (bicyclic) bond motifs is 1. The molecule has 2 fully saturated rings. The van der Waals surface area contributed by atoms with Gasteiger partial charge in [0.05, 0.1) is 18.8 Å². The van der Waals surface area contributed by atoms with Gasteiger partial charge >= 0.3 is 0 Å². The summed E-state index contributed by atoms with van der Waals surface area (Å²) in [6.45, 7) is 4.71. The number of likely N-dealkylation sites (tertiary alicyclic amines) is 1. The maximum Gasteiger partial charge on any atom is 0.151 e. The molecular formula is C19H24N2O3. The van der Waals surface area contributed by atoms with E-state index in [0.29, 0.717) is 24.7 Å². The zero-order valence-electron chi connectivity index (χ0n) is 13.9. The Kier molecular flexibility index (Phi) is 4.16. The molecule has 128 valence electrons. The van der Waals surface area contributed by atoms with E-state index in [9.17, 15) is 10.2 Å². The maximum absolute atomic E-state index is 9.85. The van der Waals surface area contributed by atoms with Crippen LogP contribution in [-0.2, 0) is 6.54 Å². The number of hydrogen-bond acceptors (Lipinski definition) is 5. The van der Waals surface area contributed by atoms with Gasteiger partial charge in [0.25, 0.3) is 0 Å². The van der Waals surface area contributed by atoms with Crippen LogP contribution in [0.1, 0.15) is 24.2 Å². The van der Waals surface area contributed by atoms with Crippen molar-refractivity contribution < 1.29 is 14.7 Å². The fraction of sp³-hybridized carbons (Fsp3) is 0.526.